The molecule has 0 unspecified atom stereocenters. The zero-order valence-corrected chi connectivity index (χ0v) is 15.4. The number of amides is 2. The van der Waals surface area contributed by atoms with Crippen LogP contribution in [-0.2, 0) is 16.0 Å². The van der Waals surface area contributed by atoms with Crippen LogP contribution in [0.25, 0.3) is 0 Å². The number of carbonyl (C=O) groups is 3. The topological polar surface area (TPSA) is 75.3 Å². The SMILES string of the molecule is CCNC(=O)C(=O)[C@@H]1C/C=C\CCCCCCc2ccccc2C(=O)N1. The van der Waals surface area contributed by atoms with Crippen LogP contribution < -0.4 is 10.6 Å². The molecule has 0 spiro atoms. The summed E-state index contributed by atoms with van der Waals surface area (Å²) in [6.45, 7) is 2.14. The second-order valence-electron chi connectivity index (χ2n) is 6.57. The molecule has 1 aromatic rings. The van der Waals surface area contributed by atoms with E-state index in [9.17, 15) is 14.4 Å². The third-order valence-electron chi connectivity index (χ3n) is 4.55. The molecule has 2 amide bonds. The van der Waals surface area contributed by atoms with Gasteiger partial charge in [0.05, 0.1) is 0 Å². The van der Waals surface area contributed by atoms with Crippen molar-refractivity contribution in [2.45, 2.75) is 57.9 Å². The van der Waals surface area contributed by atoms with Gasteiger partial charge in [0, 0.05) is 12.1 Å². The Morgan fingerprint density at radius 3 is 2.69 bits per heavy atom. The third kappa shape index (κ3) is 5.83. The van der Waals surface area contributed by atoms with Crippen LogP contribution in [0.15, 0.2) is 36.4 Å². The molecule has 1 aromatic carbocycles. The van der Waals surface area contributed by atoms with Crippen LogP contribution in [0.4, 0.5) is 0 Å². The molecule has 1 heterocycles. The molecule has 1 aliphatic heterocycles. The first-order valence-corrected chi connectivity index (χ1v) is 9.49. The number of hydrogen-bond acceptors (Lipinski definition) is 3. The van der Waals surface area contributed by atoms with Crippen LogP contribution in [0.5, 0.6) is 0 Å². The highest BCUT2D eigenvalue weighted by Gasteiger charge is 2.26. The van der Waals surface area contributed by atoms with Crippen molar-refractivity contribution in [3.8, 4) is 0 Å². The summed E-state index contributed by atoms with van der Waals surface area (Å²) in [5.41, 5.74) is 1.57. The lowest BCUT2D eigenvalue weighted by Gasteiger charge is -2.17. The Labute approximate surface area is 155 Å². The fourth-order valence-electron chi connectivity index (χ4n) is 3.11. The first-order chi connectivity index (χ1) is 12.6. The summed E-state index contributed by atoms with van der Waals surface area (Å²) in [5, 5.41) is 5.28. The summed E-state index contributed by atoms with van der Waals surface area (Å²) in [6.07, 6.45) is 10.5. The largest absolute Gasteiger partial charge is 0.350 e. The van der Waals surface area contributed by atoms with Crippen molar-refractivity contribution >= 4 is 17.6 Å². The molecular formula is C21H28N2O3. The quantitative estimate of drug-likeness (QED) is 0.646. The Morgan fingerprint density at radius 2 is 1.88 bits per heavy atom. The van der Waals surface area contributed by atoms with E-state index >= 15 is 0 Å². The van der Waals surface area contributed by atoms with Crippen molar-refractivity contribution in [1.29, 1.82) is 0 Å². The van der Waals surface area contributed by atoms with Gasteiger partial charge in [0.2, 0.25) is 5.78 Å². The number of likely N-dealkylation sites (N-methyl/N-ethyl adjacent to an activating group) is 1. The minimum absolute atomic E-state index is 0.297. The van der Waals surface area contributed by atoms with Gasteiger partial charge in [0.1, 0.15) is 6.04 Å². The number of fused-ring (bicyclic) bond motifs is 1. The third-order valence-corrected chi connectivity index (χ3v) is 4.55. The molecule has 0 aromatic heterocycles. The molecule has 1 aliphatic rings. The molecule has 0 fully saturated rings. The first kappa shape index (κ1) is 19.9. The lowest BCUT2D eigenvalue weighted by atomic mass is 9.98. The summed E-state index contributed by atoms with van der Waals surface area (Å²) < 4.78 is 0. The Kier molecular flexibility index (Phi) is 8.06. The standard InChI is InChI=1S/C21H28N2O3/c1-2-22-21(26)19(24)18-15-9-7-5-3-4-6-8-12-16-13-10-11-14-17(16)20(25)23-18/h7,9-11,13-14,18H,2-6,8,12,15H2,1H3,(H,22,26)(H,23,25)/b9-7-/t18-/m0/s1. The number of nitrogens with one attached hydrogen (secondary N) is 2. The monoisotopic (exact) mass is 356 g/mol. The number of Topliss-reactive ketones (excluding diaryl/α,β-unsaturated/α-hetero) is 1. The highest BCUT2D eigenvalue weighted by Crippen LogP contribution is 2.15. The smallest absolute Gasteiger partial charge is 0.289 e. The summed E-state index contributed by atoms with van der Waals surface area (Å²) in [7, 11) is 0. The summed E-state index contributed by atoms with van der Waals surface area (Å²) >= 11 is 0. The minimum atomic E-state index is -0.846. The molecule has 5 heteroatoms. The molecule has 26 heavy (non-hydrogen) atoms. The van der Waals surface area contributed by atoms with E-state index in [4.69, 9.17) is 0 Å². The predicted molar refractivity (Wildman–Crippen MR) is 102 cm³/mol. The lowest BCUT2D eigenvalue weighted by Crippen LogP contribution is -2.47. The fraction of sp³-hybridized carbons (Fsp3) is 0.476. The predicted octanol–water partition coefficient (Wildman–Crippen LogP) is 2.94. The van der Waals surface area contributed by atoms with Crippen LogP contribution in [0.1, 0.15) is 61.4 Å². The first-order valence-electron chi connectivity index (χ1n) is 9.49. The molecule has 140 valence electrons. The van der Waals surface area contributed by atoms with Crippen LogP contribution in [0, 0.1) is 0 Å². The number of ketones is 1. The highest BCUT2D eigenvalue weighted by molar-refractivity contribution is 6.38. The average molecular weight is 356 g/mol. The molecule has 0 radical (unpaired) electrons. The van der Waals surface area contributed by atoms with Gasteiger partial charge in [-0.2, -0.15) is 0 Å². The summed E-state index contributed by atoms with van der Waals surface area (Å²) in [6, 6.07) is 6.64. The molecule has 1 atom stereocenters. The average Bonchev–Trinajstić information content (AvgIpc) is 2.65. The van der Waals surface area contributed by atoms with E-state index in [0.717, 1.165) is 44.1 Å². The Morgan fingerprint density at radius 1 is 1.12 bits per heavy atom. The fourth-order valence-corrected chi connectivity index (χ4v) is 3.11. The van der Waals surface area contributed by atoms with Crippen LogP contribution in [0.3, 0.4) is 0 Å². The molecule has 2 N–H and O–H groups in total. The van der Waals surface area contributed by atoms with Crippen molar-refractivity contribution in [1.82, 2.24) is 10.6 Å². The lowest BCUT2D eigenvalue weighted by molar-refractivity contribution is -0.138. The van der Waals surface area contributed by atoms with E-state index in [1.54, 1.807) is 13.0 Å². The zero-order chi connectivity index (χ0) is 18.8. The van der Waals surface area contributed by atoms with E-state index < -0.39 is 17.7 Å². The van der Waals surface area contributed by atoms with Gasteiger partial charge in [0.15, 0.2) is 0 Å². The molecule has 0 saturated heterocycles. The Bertz CT molecular complexity index is 667. The van der Waals surface area contributed by atoms with Crippen molar-refractivity contribution in [3.05, 3.63) is 47.5 Å². The highest BCUT2D eigenvalue weighted by atomic mass is 16.2. The second kappa shape index (κ2) is 10.5. The molecule has 2 rings (SSSR count). The van der Waals surface area contributed by atoms with Crippen LogP contribution >= 0.6 is 0 Å². The second-order valence-corrected chi connectivity index (χ2v) is 6.57. The number of aryl methyl sites for hydroxylation is 1. The summed E-state index contributed by atoms with van der Waals surface area (Å²) in [4.78, 5) is 37.1. The van der Waals surface area contributed by atoms with Crippen molar-refractivity contribution in [3.63, 3.8) is 0 Å². The van der Waals surface area contributed by atoms with E-state index in [-0.39, 0.29) is 5.91 Å². The van der Waals surface area contributed by atoms with Crippen molar-refractivity contribution < 1.29 is 14.4 Å². The summed E-state index contributed by atoms with van der Waals surface area (Å²) in [5.74, 6) is -1.55. The van der Waals surface area contributed by atoms with Gasteiger partial charge in [0.25, 0.3) is 11.8 Å². The maximum atomic E-state index is 12.8. The van der Waals surface area contributed by atoms with Crippen molar-refractivity contribution in [2.75, 3.05) is 6.54 Å². The van der Waals surface area contributed by atoms with E-state index in [1.807, 2.05) is 30.4 Å². The molecule has 0 bridgehead atoms. The molecule has 0 saturated carbocycles. The zero-order valence-electron chi connectivity index (χ0n) is 15.4. The number of hydrogen-bond donors (Lipinski definition) is 2. The van der Waals surface area contributed by atoms with Gasteiger partial charge in [-0.3, -0.25) is 14.4 Å². The molecule has 5 nitrogen and oxygen atoms in total. The Balaban J connectivity index is 2.23. The van der Waals surface area contributed by atoms with Gasteiger partial charge in [-0.25, -0.2) is 0 Å². The Hall–Kier alpha value is -2.43. The number of benzene rings is 1. The normalized spacial score (nSPS) is 20.2. The van der Waals surface area contributed by atoms with Crippen LogP contribution in [-0.4, -0.2) is 30.2 Å². The maximum Gasteiger partial charge on any atom is 0.289 e. The maximum absolute atomic E-state index is 12.8. The van der Waals surface area contributed by atoms with Gasteiger partial charge in [-0.1, -0.05) is 43.2 Å². The number of allylic oxidation sites excluding steroid dienone is 1. The number of rotatable bonds is 3. The van der Waals surface area contributed by atoms with E-state index in [0.29, 0.717) is 18.5 Å². The molecular weight excluding hydrogens is 328 g/mol. The van der Waals surface area contributed by atoms with E-state index in [1.165, 1.54) is 0 Å². The van der Waals surface area contributed by atoms with Gasteiger partial charge >= 0.3 is 0 Å². The van der Waals surface area contributed by atoms with Crippen LogP contribution in [0.2, 0.25) is 0 Å². The van der Waals surface area contributed by atoms with E-state index in [2.05, 4.69) is 10.6 Å². The molecule has 0 aliphatic carbocycles. The minimum Gasteiger partial charge on any atom is -0.350 e. The van der Waals surface area contributed by atoms with Gasteiger partial charge in [-0.15, -0.1) is 0 Å². The van der Waals surface area contributed by atoms with Crippen molar-refractivity contribution in [2.24, 2.45) is 0 Å². The van der Waals surface area contributed by atoms with Gasteiger partial charge in [-0.05, 0) is 50.7 Å². The van der Waals surface area contributed by atoms with Gasteiger partial charge < -0.3 is 10.6 Å². The number of carbonyl (C=O) groups excluding carboxylic acids is 3.